The predicted molar refractivity (Wildman–Crippen MR) is 139 cm³/mol. The molecule has 2 saturated heterocycles. The lowest BCUT2D eigenvalue weighted by Crippen LogP contribution is -2.52. The summed E-state index contributed by atoms with van der Waals surface area (Å²) < 4.78 is 11.5. The van der Waals surface area contributed by atoms with Gasteiger partial charge in [-0.15, -0.1) is 0 Å². The molecule has 2 unspecified atom stereocenters. The van der Waals surface area contributed by atoms with Gasteiger partial charge >= 0.3 is 6.09 Å². The van der Waals surface area contributed by atoms with Crippen LogP contribution in [0.2, 0.25) is 0 Å². The monoisotopic (exact) mass is 494 g/mol. The van der Waals surface area contributed by atoms with Crippen LogP contribution in [0.1, 0.15) is 54.7 Å². The van der Waals surface area contributed by atoms with Gasteiger partial charge in [0.15, 0.2) is 0 Å². The van der Waals surface area contributed by atoms with Crippen LogP contribution in [-0.4, -0.2) is 41.4 Å². The van der Waals surface area contributed by atoms with Crippen molar-refractivity contribution in [3.63, 3.8) is 0 Å². The highest BCUT2D eigenvalue weighted by Crippen LogP contribution is 2.47. The Balaban J connectivity index is 1.13. The summed E-state index contributed by atoms with van der Waals surface area (Å²) in [5.74, 6) is 0.714. The molecule has 188 valence electrons. The van der Waals surface area contributed by atoms with Crippen LogP contribution in [-0.2, 0) is 10.3 Å². The molecule has 0 aromatic heterocycles. The van der Waals surface area contributed by atoms with Crippen LogP contribution in [0, 0.1) is 11.3 Å². The fourth-order valence-electron chi connectivity index (χ4n) is 6.50. The summed E-state index contributed by atoms with van der Waals surface area (Å²) in [5.41, 5.74) is 4.67. The fourth-order valence-corrected chi connectivity index (χ4v) is 6.50. The van der Waals surface area contributed by atoms with E-state index in [0.29, 0.717) is 38.2 Å². The number of nitriles is 1. The number of hydrogen-bond donors (Lipinski definition) is 1. The summed E-state index contributed by atoms with van der Waals surface area (Å²) in [6.07, 6.45) is 2.77. The topological polar surface area (TPSA) is 82.8 Å². The van der Waals surface area contributed by atoms with Gasteiger partial charge in [0, 0.05) is 30.8 Å². The maximum atomic E-state index is 13.3. The van der Waals surface area contributed by atoms with Gasteiger partial charge in [0.1, 0.15) is 19.0 Å². The van der Waals surface area contributed by atoms with Crippen LogP contribution >= 0.6 is 0 Å². The van der Waals surface area contributed by atoms with Crippen molar-refractivity contribution in [2.24, 2.45) is 0 Å². The van der Waals surface area contributed by atoms with Gasteiger partial charge in [0.05, 0.1) is 18.1 Å². The third kappa shape index (κ3) is 4.24. The molecule has 1 amide bonds. The molecule has 3 aromatic carbocycles. The summed E-state index contributed by atoms with van der Waals surface area (Å²) in [5, 5.41) is 20.3. The quantitative estimate of drug-likeness (QED) is 0.442. The van der Waals surface area contributed by atoms with Gasteiger partial charge in [0.2, 0.25) is 0 Å². The number of amides is 1. The van der Waals surface area contributed by atoms with Crippen molar-refractivity contribution in [2.75, 3.05) is 13.2 Å². The molecular formula is C31H30N2O4. The maximum Gasteiger partial charge on any atom is 0.410 e. The number of nitrogens with zero attached hydrogens (tertiary/aromatic N) is 2. The van der Waals surface area contributed by atoms with Gasteiger partial charge < -0.3 is 19.5 Å². The first-order valence-corrected chi connectivity index (χ1v) is 13.0. The molecule has 1 N–H and O–H groups in total. The minimum atomic E-state index is -0.989. The van der Waals surface area contributed by atoms with E-state index in [0.717, 1.165) is 18.4 Å². The second kappa shape index (κ2) is 9.57. The van der Waals surface area contributed by atoms with E-state index in [1.807, 2.05) is 53.4 Å². The third-order valence-electron chi connectivity index (χ3n) is 8.19. The number of ether oxygens (including phenoxy) is 2. The molecule has 2 atom stereocenters. The van der Waals surface area contributed by atoms with Crippen LogP contribution in [0.4, 0.5) is 4.79 Å². The molecule has 2 heterocycles. The number of fused-ring (bicyclic) bond motifs is 5. The highest BCUT2D eigenvalue weighted by atomic mass is 16.6. The van der Waals surface area contributed by atoms with Crippen molar-refractivity contribution in [1.29, 1.82) is 5.26 Å². The number of piperidine rings is 1. The number of carbonyl (C=O) groups excluding carboxylic acids is 1. The molecule has 2 fully saturated rings. The van der Waals surface area contributed by atoms with Crippen LogP contribution in [0.15, 0.2) is 72.8 Å². The van der Waals surface area contributed by atoms with Crippen molar-refractivity contribution in [3.8, 4) is 22.9 Å². The van der Waals surface area contributed by atoms with E-state index >= 15 is 0 Å². The molecule has 1 aliphatic carbocycles. The van der Waals surface area contributed by atoms with Gasteiger partial charge in [-0.3, -0.25) is 0 Å². The number of hydrogen-bond acceptors (Lipinski definition) is 5. The summed E-state index contributed by atoms with van der Waals surface area (Å²) in [4.78, 5) is 15.2. The molecule has 6 rings (SSSR count). The van der Waals surface area contributed by atoms with Gasteiger partial charge in [-0.1, -0.05) is 60.7 Å². The van der Waals surface area contributed by atoms with E-state index in [9.17, 15) is 9.90 Å². The van der Waals surface area contributed by atoms with E-state index in [1.54, 1.807) is 0 Å². The second-order valence-electron chi connectivity index (χ2n) is 10.3. The maximum absolute atomic E-state index is 13.3. The molecule has 3 aromatic rings. The van der Waals surface area contributed by atoms with Gasteiger partial charge in [-0.2, -0.15) is 5.26 Å². The van der Waals surface area contributed by atoms with Crippen molar-refractivity contribution in [1.82, 2.24) is 4.90 Å². The Bertz CT molecular complexity index is 1290. The summed E-state index contributed by atoms with van der Waals surface area (Å²) >= 11 is 0. The van der Waals surface area contributed by atoms with Crippen molar-refractivity contribution >= 4 is 6.09 Å². The first kappa shape index (κ1) is 23.6. The minimum Gasteiger partial charge on any atom is -0.493 e. The molecule has 3 aliphatic rings. The van der Waals surface area contributed by atoms with Gasteiger partial charge in [-0.25, -0.2) is 4.79 Å². The number of aliphatic hydroxyl groups is 1. The van der Waals surface area contributed by atoms with Gasteiger partial charge in [0.25, 0.3) is 0 Å². The van der Waals surface area contributed by atoms with E-state index < -0.39 is 5.60 Å². The lowest BCUT2D eigenvalue weighted by molar-refractivity contribution is -0.0531. The van der Waals surface area contributed by atoms with E-state index in [1.165, 1.54) is 22.3 Å². The Morgan fingerprint density at radius 2 is 1.54 bits per heavy atom. The Kier molecular flexibility index (Phi) is 6.10. The zero-order chi connectivity index (χ0) is 25.4. The molecule has 0 saturated carbocycles. The molecule has 37 heavy (non-hydrogen) atoms. The van der Waals surface area contributed by atoms with E-state index in [4.69, 9.17) is 14.7 Å². The van der Waals surface area contributed by atoms with Gasteiger partial charge in [-0.05, 0) is 52.8 Å². The summed E-state index contributed by atoms with van der Waals surface area (Å²) in [7, 11) is 0. The Morgan fingerprint density at radius 3 is 2.14 bits per heavy atom. The first-order chi connectivity index (χ1) is 18.1. The summed E-state index contributed by atoms with van der Waals surface area (Å²) in [6.45, 7) is 0.652. The number of benzene rings is 3. The molecular weight excluding hydrogens is 464 g/mol. The Labute approximate surface area is 217 Å². The van der Waals surface area contributed by atoms with Crippen molar-refractivity contribution in [2.45, 2.75) is 55.7 Å². The molecule has 2 aliphatic heterocycles. The molecule has 6 nitrogen and oxygen atoms in total. The Morgan fingerprint density at radius 1 is 0.946 bits per heavy atom. The normalized spacial score (nSPS) is 23.7. The van der Waals surface area contributed by atoms with E-state index in [-0.39, 0.29) is 24.1 Å². The lowest BCUT2D eigenvalue weighted by atomic mass is 9.80. The molecule has 0 spiro atoms. The van der Waals surface area contributed by atoms with Crippen LogP contribution in [0.3, 0.4) is 0 Å². The highest BCUT2D eigenvalue weighted by Gasteiger charge is 2.50. The van der Waals surface area contributed by atoms with Crippen LogP contribution in [0.5, 0.6) is 5.75 Å². The summed E-state index contributed by atoms with van der Waals surface area (Å²) in [6, 6.07) is 26.1. The van der Waals surface area contributed by atoms with Crippen molar-refractivity contribution < 1.29 is 19.4 Å². The zero-order valence-electron chi connectivity index (χ0n) is 20.7. The SMILES string of the molecule is N#CCCOc1ccc(C2(O)CC3CCC(C2)N3C(=O)OCC2c3ccccc3-c3ccccc32)cc1. The van der Waals surface area contributed by atoms with E-state index in [2.05, 4.69) is 30.3 Å². The molecule has 0 radical (unpaired) electrons. The predicted octanol–water partition coefficient (Wildman–Crippen LogP) is 5.74. The zero-order valence-corrected chi connectivity index (χ0v) is 20.7. The number of carbonyl (C=O) groups is 1. The standard InChI is InChI=1S/C31H30N2O4/c32-16-5-17-36-24-14-10-21(11-15-24)31(35)18-22-12-13-23(19-31)33(22)30(34)37-20-29-27-8-3-1-6-25(27)26-7-2-4-9-28(26)29/h1-4,6-11,14-15,22-23,29,35H,5,12-13,17-20H2. The Hall–Kier alpha value is -3.82. The largest absolute Gasteiger partial charge is 0.493 e. The van der Waals surface area contributed by atoms with Crippen LogP contribution in [0.25, 0.3) is 11.1 Å². The smallest absolute Gasteiger partial charge is 0.410 e. The lowest BCUT2D eigenvalue weighted by Gasteiger charge is -2.43. The number of rotatable bonds is 6. The minimum absolute atomic E-state index is 0.0321. The van der Waals surface area contributed by atoms with Crippen LogP contribution < -0.4 is 4.74 Å². The first-order valence-electron chi connectivity index (χ1n) is 13.0. The third-order valence-corrected chi connectivity index (χ3v) is 8.19. The average molecular weight is 495 g/mol. The fraction of sp³-hybridized carbons (Fsp3) is 0.355. The second-order valence-corrected chi connectivity index (χ2v) is 10.3. The highest BCUT2D eigenvalue weighted by molar-refractivity contribution is 5.79. The average Bonchev–Trinajstić information content (AvgIpc) is 3.40. The molecule has 6 heteroatoms. The molecule has 2 bridgehead atoms. The van der Waals surface area contributed by atoms with Crippen molar-refractivity contribution in [3.05, 3.63) is 89.5 Å².